The first-order valence-electron chi connectivity index (χ1n) is 9.28. The third-order valence-corrected chi connectivity index (χ3v) is 4.71. The van der Waals surface area contributed by atoms with Crippen LogP contribution in [0.15, 0.2) is 0 Å². The average Bonchev–Trinajstić information content (AvgIpc) is 2.86. The lowest BCUT2D eigenvalue weighted by atomic mass is 10.0. The molecule has 0 aliphatic carbocycles. The number of methoxy groups -OCH3 is 1. The summed E-state index contributed by atoms with van der Waals surface area (Å²) in [5.74, 6) is -0.166. The van der Waals surface area contributed by atoms with Crippen LogP contribution in [0.3, 0.4) is 0 Å². The molecule has 0 N–H and O–H groups in total. The van der Waals surface area contributed by atoms with Crippen molar-refractivity contribution in [2.45, 2.75) is 60.9 Å². The van der Waals surface area contributed by atoms with E-state index >= 15 is 0 Å². The molecule has 0 aromatic carbocycles. The molecule has 0 fully saturated rings. The van der Waals surface area contributed by atoms with Gasteiger partial charge < -0.3 is 14.2 Å². The standard InChI is InChI=1S/C20H32N2O4/c1-8-17(24)21(11-10-13(3)4)12-16(23)18-14(5)19(20(25)26-7)22(9-2)15(18)6/h13H,8-12H2,1-7H3. The molecule has 1 aromatic rings. The van der Waals surface area contributed by atoms with Crippen molar-refractivity contribution in [3.63, 3.8) is 0 Å². The monoisotopic (exact) mass is 364 g/mol. The number of carbonyl (C=O) groups excluding carboxylic acids is 3. The highest BCUT2D eigenvalue weighted by Crippen LogP contribution is 2.24. The summed E-state index contributed by atoms with van der Waals surface area (Å²) in [7, 11) is 1.33. The minimum atomic E-state index is -0.451. The molecule has 0 atom stereocenters. The highest BCUT2D eigenvalue weighted by molar-refractivity contribution is 6.04. The summed E-state index contributed by atoms with van der Waals surface area (Å²) in [6.07, 6.45) is 1.22. The van der Waals surface area contributed by atoms with Gasteiger partial charge in [0.05, 0.1) is 13.7 Å². The molecule has 1 aromatic heterocycles. The van der Waals surface area contributed by atoms with E-state index in [1.807, 2.05) is 13.8 Å². The van der Waals surface area contributed by atoms with Crippen molar-refractivity contribution in [2.24, 2.45) is 5.92 Å². The molecule has 0 bridgehead atoms. The second-order valence-corrected chi connectivity index (χ2v) is 6.94. The maximum atomic E-state index is 13.0. The molecule has 0 unspecified atom stereocenters. The Hall–Kier alpha value is -2.11. The normalized spacial score (nSPS) is 10.9. The Morgan fingerprint density at radius 2 is 1.77 bits per heavy atom. The molecule has 26 heavy (non-hydrogen) atoms. The molecule has 0 spiro atoms. The van der Waals surface area contributed by atoms with Crippen molar-refractivity contribution in [1.29, 1.82) is 0 Å². The van der Waals surface area contributed by atoms with Gasteiger partial charge in [-0.2, -0.15) is 0 Å². The molecule has 0 radical (unpaired) electrons. The van der Waals surface area contributed by atoms with Gasteiger partial charge in [0.15, 0.2) is 5.78 Å². The number of Topliss-reactive ketones (excluding diaryl/α,β-unsaturated/α-hetero) is 1. The Morgan fingerprint density at radius 1 is 1.15 bits per heavy atom. The summed E-state index contributed by atoms with van der Waals surface area (Å²) in [5, 5.41) is 0. The Labute approximate surface area is 156 Å². The molecule has 146 valence electrons. The van der Waals surface area contributed by atoms with Crippen molar-refractivity contribution in [3.05, 3.63) is 22.5 Å². The van der Waals surface area contributed by atoms with Crippen LogP contribution in [-0.2, 0) is 16.1 Å². The van der Waals surface area contributed by atoms with Crippen molar-refractivity contribution in [1.82, 2.24) is 9.47 Å². The fourth-order valence-corrected chi connectivity index (χ4v) is 3.24. The van der Waals surface area contributed by atoms with E-state index in [0.29, 0.717) is 42.2 Å². The minimum absolute atomic E-state index is 0.0302. The molecular formula is C20H32N2O4. The number of ketones is 1. The number of aromatic nitrogens is 1. The van der Waals surface area contributed by atoms with Gasteiger partial charge in [0.1, 0.15) is 5.69 Å². The molecule has 0 saturated heterocycles. The Morgan fingerprint density at radius 3 is 2.23 bits per heavy atom. The first kappa shape index (κ1) is 21.9. The Balaban J connectivity index is 3.20. The molecular weight excluding hydrogens is 332 g/mol. The average molecular weight is 364 g/mol. The van der Waals surface area contributed by atoms with Gasteiger partial charge in [0.25, 0.3) is 0 Å². The van der Waals surface area contributed by atoms with Crippen molar-refractivity contribution in [2.75, 3.05) is 20.2 Å². The summed E-state index contributed by atoms with van der Waals surface area (Å²) < 4.78 is 6.67. The number of amides is 1. The fourth-order valence-electron chi connectivity index (χ4n) is 3.24. The van der Waals surface area contributed by atoms with Gasteiger partial charge in [-0.1, -0.05) is 20.8 Å². The van der Waals surface area contributed by atoms with Gasteiger partial charge >= 0.3 is 5.97 Å². The maximum absolute atomic E-state index is 13.0. The van der Waals surface area contributed by atoms with Crippen LogP contribution in [-0.4, -0.2) is 47.3 Å². The van der Waals surface area contributed by atoms with Crippen LogP contribution in [0.5, 0.6) is 0 Å². The van der Waals surface area contributed by atoms with Crippen LogP contribution in [0.4, 0.5) is 0 Å². The van der Waals surface area contributed by atoms with E-state index in [1.165, 1.54) is 7.11 Å². The lowest BCUT2D eigenvalue weighted by Crippen LogP contribution is -2.36. The highest BCUT2D eigenvalue weighted by atomic mass is 16.5. The smallest absolute Gasteiger partial charge is 0.354 e. The Kier molecular flexibility index (Phi) is 8.06. The van der Waals surface area contributed by atoms with Crippen LogP contribution in [0, 0.1) is 19.8 Å². The summed E-state index contributed by atoms with van der Waals surface area (Å²) in [4.78, 5) is 39.0. The van der Waals surface area contributed by atoms with E-state index in [0.717, 1.165) is 12.1 Å². The van der Waals surface area contributed by atoms with Crippen LogP contribution in [0.25, 0.3) is 0 Å². The van der Waals surface area contributed by atoms with E-state index in [1.54, 1.807) is 23.3 Å². The first-order chi connectivity index (χ1) is 12.2. The molecule has 6 heteroatoms. The van der Waals surface area contributed by atoms with E-state index in [9.17, 15) is 14.4 Å². The third kappa shape index (κ3) is 4.74. The van der Waals surface area contributed by atoms with E-state index in [2.05, 4.69) is 13.8 Å². The zero-order valence-electron chi connectivity index (χ0n) is 17.1. The molecule has 6 nitrogen and oxygen atoms in total. The molecule has 0 aliphatic heterocycles. The largest absolute Gasteiger partial charge is 0.464 e. The first-order valence-corrected chi connectivity index (χ1v) is 9.28. The summed E-state index contributed by atoms with van der Waals surface area (Å²) >= 11 is 0. The van der Waals surface area contributed by atoms with E-state index < -0.39 is 5.97 Å². The number of nitrogens with zero attached hydrogens (tertiary/aromatic N) is 2. The maximum Gasteiger partial charge on any atom is 0.354 e. The predicted octanol–water partition coefficient (Wildman–Crippen LogP) is 3.38. The van der Waals surface area contributed by atoms with Crippen molar-refractivity contribution >= 4 is 17.7 Å². The molecule has 1 amide bonds. The summed E-state index contributed by atoms with van der Waals surface area (Å²) in [6.45, 7) is 12.7. The number of hydrogen-bond acceptors (Lipinski definition) is 4. The van der Waals surface area contributed by atoms with Crippen molar-refractivity contribution < 1.29 is 19.1 Å². The van der Waals surface area contributed by atoms with Crippen molar-refractivity contribution in [3.8, 4) is 0 Å². The van der Waals surface area contributed by atoms with E-state index in [4.69, 9.17) is 4.74 Å². The zero-order chi connectivity index (χ0) is 20.0. The number of rotatable bonds is 9. The second kappa shape index (κ2) is 9.55. The van der Waals surface area contributed by atoms with Gasteiger partial charge in [-0.05, 0) is 38.7 Å². The lowest BCUT2D eigenvalue weighted by Gasteiger charge is -2.22. The molecule has 1 rings (SSSR count). The number of esters is 1. The number of carbonyl (C=O) groups is 3. The van der Waals surface area contributed by atoms with Gasteiger partial charge in [0, 0.05) is 30.8 Å². The zero-order valence-corrected chi connectivity index (χ0v) is 17.1. The highest BCUT2D eigenvalue weighted by Gasteiger charge is 2.27. The molecule has 0 aliphatic rings. The van der Waals surface area contributed by atoms with Gasteiger partial charge in [-0.3, -0.25) is 9.59 Å². The van der Waals surface area contributed by atoms with Crippen LogP contribution < -0.4 is 0 Å². The summed E-state index contributed by atoms with van der Waals surface area (Å²) in [5.41, 5.74) is 2.29. The van der Waals surface area contributed by atoms with Crippen LogP contribution in [0.2, 0.25) is 0 Å². The van der Waals surface area contributed by atoms with Gasteiger partial charge in [-0.15, -0.1) is 0 Å². The minimum Gasteiger partial charge on any atom is -0.464 e. The van der Waals surface area contributed by atoms with E-state index in [-0.39, 0.29) is 18.2 Å². The predicted molar refractivity (Wildman–Crippen MR) is 102 cm³/mol. The second-order valence-electron chi connectivity index (χ2n) is 6.94. The van der Waals surface area contributed by atoms with Crippen LogP contribution in [0.1, 0.15) is 72.6 Å². The van der Waals surface area contributed by atoms with Crippen LogP contribution >= 0.6 is 0 Å². The Bertz CT molecular complexity index is 674. The molecule has 0 saturated carbocycles. The molecule has 1 heterocycles. The number of ether oxygens (including phenoxy) is 1. The topological polar surface area (TPSA) is 68.6 Å². The quantitative estimate of drug-likeness (QED) is 0.498. The fraction of sp³-hybridized carbons (Fsp3) is 0.650. The lowest BCUT2D eigenvalue weighted by molar-refractivity contribution is -0.130. The SMILES string of the molecule is CCC(=O)N(CCC(C)C)CC(=O)c1c(C)c(C(=O)OC)n(CC)c1C. The number of hydrogen-bond donors (Lipinski definition) is 0. The third-order valence-electron chi connectivity index (χ3n) is 4.71. The summed E-state index contributed by atoms with van der Waals surface area (Å²) in [6, 6.07) is 0. The van der Waals surface area contributed by atoms with Gasteiger partial charge in [-0.25, -0.2) is 4.79 Å². The van der Waals surface area contributed by atoms with Gasteiger partial charge in [0.2, 0.25) is 5.91 Å².